The van der Waals surface area contributed by atoms with Gasteiger partial charge in [0.2, 0.25) is 5.91 Å². The van der Waals surface area contributed by atoms with E-state index < -0.39 is 0 Å². The molecular formula is C20H27N3O. The number of likely N-dealkylation sites (N-methyl/N-ethyl adjacent to an activating group) is 1. The zero-order valence-corrected chi connectivity index (χ0v) is 14.7. The number of hydrogen-bond acceptors (Lipinski definition) is 3. The molecule has 0 bridgehead atoms. The number of nitrogens with zero attached hydrogens (tertiary/aromatic N) is 3. The maximum atomic E-state index is 12.7. The predicted octanol–water partition coefficient (Wildman–Crippen LogP) is 3.46. The van der Waals surface area contributed by atoms with Crippen LogP contribution in [0.4, 0.5) is 0 Å². The maximum Gasteiger partial charge on any atom is 0.236 e. The molecule has 1 aromatic carbocycles. The van der Waals surface area contributed by atoms with Crippen molar-refractivity contribution in [1.29, 1.82) is 0 Å². The molecule has 24 heavy (non-hydrogen) atoms. The van der Waals surface area contributed by atoms with Crippen molar-refractivity contribution in [3.8, 4) is 0 Å². The van der Waals surface area contributed by atoms with Crippen LogP contribution < -0.4 is 0 Å². The highest BCUT2D eigenvalue weighted by atomic mass is 16.2. The Hall–Kier alpha value is -1.94. The molecule has 0 spiro atoms. The van der Waals surface area contributed by atoms with E-state index in [2.05, 4.69) is 28.9 Å². The van der Waals surface area contributed by atoms with Crippen LogP contribution in [-0.4, -0.2) is 46.9 Å². The summed E-state index contributed by atoms with van der Waals surface area (Å²) in [6.45, 7) is 4.46. The van der Waals surface area contributed by atoms with E-state index in [1.54, 1.807) is 0 Å². The molecule has 1 aliphatic heterocycles. The van der Waals surface area contributed by atoms with Crippen LogP contribution in [0.2, 0.25) is 0 Å². The van der Waals surface area contributed by atoms with Crippen molar-refractivity contribution < 1.29 is 4.79 Å². The Morgan fingerprint density at radius 2 is 2.21 bits per heavy atom. The molecule has 0 radical (unpaired) electrons. The highest BCUT2D eigenvalue weighted by molar-refractivity contribution is 5.85. The summed E-state index contributed by atoms with van der Waals surface area (Å²) in [6.07, 6.45) is 8.55. The number of piperidine rings is 1. The quantitative estimate of drug-likeness (QED) is 0.845. The Balaban J connectivity index is 1.67. The first-order valence-corrected chi connectivity index (χ1v) is 8.98. The Labute approximate surface area is 144 Å². The minimum atomic E-state index is 0.210. The van der Waals surface area contributed by atoms with Gasteiger partial charge in [0.15, 0.2) is 0 Å². The summed E-state index contributed by atoms with van der Waals surface area (Å²) in [7, 11) is 1.91. The van der Waals surface area contributed by atoms with Crippen LogP contribution in [0.15, 0.2) is 36.7 Å². The minimum Gasteiger partial charge on any atom is -0.340 e. The van der Waals surface area contributed by atoms with Gasteiger partial charge in [0.05, 0.1) is 6.54 Å². The summed E-state index contributed by atoms with van der Waals surface area (Å²) in [6, 6.07) is 8.80. The molecule has 1 fully saturated rings. The fraction of sp³-hybridized carbons (Fsp3) is 0.500. The molecule has 2 aromatic rings. The molecule has 0 unspecified atom stereocenters. The van der Waals surface area contributed by atoms with Crippen LogP contribution in [0.1, 0.15) is 38.2 Å². The van der Waals surface area contributed by atoms with Gasteiger partial charge in [-0.1, -0.05) is 31.5 Å². The number of carbonyl (C=O) groups is 1. The van der Waals surface area contributed by atoms with E-state index in [1.165, 1.54) is 30.2 Å². The molecule has 2 heterocycles. The standard InChI is InChI=1S/C20H27N3O/c1-3-18-9-4-5-12-23(18)15-20(24)22(2)14-17-8-6-7-16-13-21-11-10-19(16)17/h6-8,10-11,13,18H,3-5,9,12,14-15H2,1-2H3/t18-/m1/s1. The number of rotatable bonds is 5. The number of aromatic nitrogens is 1. The molecule has 0 N–H and O–H groups in total. The number of benzene rings is 1. The van der Waals surface area contributed by atoms with Crippen LogP contribution >= 0.6 is 0 Å². The number of fused-ring (bicyclic) bond motifs is 1. The first-order valence-electron chi connectivity index (χ1n) is 8.98. The van der Waals surface area contributed by atoms with Gasteiger partial charge in [-0.05, 0) is 42.8 Å². The molecule has 1 saturated heterocycles. The van der Waals surface area contributed by atoms with Crippen molar-refractivity contribution in [3.05, 3.63) is 42.2 Å². The zero-order chi connectivity index (χ0) is 16.9. The SMILES string of the molecule is CC[C@@H]1CCCCN1CC(=O)N(C)Cc1cccc2cnccc12. The molecule has 1 amide bonds. The van der Waals surface area contributed by atoms with Gasteiger partial charge in [0, 0.05) is 37.4 Å². The third kappa shape index (κ3) is 3.75. The van der Waals surface area contributed by atoms with E-state index in [9.17, 15) is 4.79 Å². The number of likely N-dealkylation sites (tertiary alicyclic amines) is 1. The minimum absolute atomic E-state index is 0.210. The summed E-state index contributed by atoms with van der Waals surface area (Å²) in [5.41, 5.74) is 1.18. The molecule has 0 aliphatic carbocycles. The molecular weight excluding hydrogens is 298 g/mol. The maximum absolute atomic E-state index is 12.7. The highest BCUT2D eigenvalue weighted by Crippen LogP contribution is 2.21. The van der Waals surface area contributed by atoms with Crippen molar-refractivity contribution in [2.24, 2.45) is 0 Å². The third-order valence-electron chi connectivity index (χ3n) is 5.16. The second-order valence-electron chi connectivity index (χ2n) is 6.79. The zero-order valence-electron chi connectivity index (χ0n) is 14.7. The van der Waals surface area contributed by atoms with Crippen LogP contribution in [0.25, 0.3) is 10.8 Å². The molecule has 3 rings (SSSR count). The van der Waals surface area contributed by atoms with Crippen LogP contribution in [0.5, 0.6) is 0 Å². The fourth-order valence-corrected chi connectivity index (χ4v) is 3.70. The van der Waals surface area contributed by atoms with E-state index in [4.69, 9.17) is 0 Å². The van der Waals surface area contributed by atoms with Gasteiger partial charge in [0.25, 0.3) is 0 Å². The molecule has 128 valence electrons. The van der Waals surface area contributed by atoms with Crippen LogP contribution in [-0.2, 0) is 11.3 Å². The average Bonchev–Trinajstić information content (AvgIpc) is 2.62. The van der Waals surface area contributed by atoms with Gasteiger partial charge >= 0.3 is 0 Å². The third-order valence-corrected chi connectivity index (χ3v) is 5.16. The lowest BCUT2D eigenvalue weighted by Crippen LogP contribution is -2.45. The second-order valence-corrected chi connectivity index (χ2v) is 6.79. The van der Waals surface area contributed by atoms with Gasteiger partial charge in [-0.2, -0.15) is 0 Å². The highest BCUT2D eigenvalue weighted by Gasteiger charge is 2.24. The van der Waals surface area contributed by atoms with Crippen molar-refractivity contribution >= 4 is 16.7 Å². The summed E-state index contributed by atoms with van der Waals surface area (Å²) < 4.78 is 0. The fourth-order valence-electron chi connectivity index (χ4n) is 3.70. The van der Waals surface area contributed by atoms with Crippen molar-refractivity contribution in [3.63, 3.8) is 0 Å². The van der Waals surface area contributed by atoms with E-state index in [0.717, 1.165) is 18.4 Å². The lowest BCUT2D eigenvalue weighted by Gasteiger charge is -2.35. The van der Waals surface area contributed by atoms with Crippen LogP contribution in [0, 0.1) is 0 Å². The summed E-state index contributed by atoms with van der Waals surface area (Å²) in [5, 5.41) is 2.30. The van der Waals surface area contributed by atoms with E-state index >= 15 is 0 Å². The molecule has 1 aliphatic rings. The average molecular weight is 325 g/mol. The van der Waals surface area contributed by atoms with Gasteiger partial charge in [-0.25, -0.2) is 0 Å². The molecule has 4 nitrogen and oxygen atoms in total. The van der Waals surface area contributed by atoms with E-state index in [0.29, 0.717) is 19.1 Å². The Morgan fingerprint density at radius 3 is 3.04 bits per heavy atom. The summed E-state index contributed by atoms with van der Waals surface area (Å²) >= 11 is 0. The predicted molar refractivity (Wildman–Crippen MR) is 97.7 cm³/mol. The number of amides is 1. The van der Waals surface area contributed by atoms with Crippen molar-refractivity contribution in [1.82, 2.24) is 14.8 Å². The summed E-state index contributed by atoms with van der Waals surface area (Å²) in [5.74, 6) is 0.210. The number of pyridine rings is 1. The summed E-state index contributed by atoms with van der Waals surface area (Å²) in [4.78, 5) is 21.1. The first-order chi connectivity index (χ1) is 11.7. The van der Waals surface area contributed by atoms with E-state index in [1.807, 2.05) is 36.5 Å². The van der Waals surface area contributed by atoms with Gasteiger partial charge < -0.3 is 4.90 Å². The first kappa shape index (κ1) is 16.9. The number of carbonyl (C=O) groups excluding carboxylic acids is 1. The van der Waals surface area contributed by atoms with E-state index in [-0.39, 0.29) is 5.91 Å². The molecule has 4 heteroatoms. The normalized spacial score (nSPS) is 18.7. The lowest BCUT2D eigenvalue weighted by molar-refractivity contribution is -0.132. The molecule has 1 atom stereocenters. The van der Waals surface area contributed by atoms with Crippen molar-refractivity contribution in [2.75, 3.05) is 20.1 Å². The number of hydrogen-bond donors (Lipinski definition) is 0. The van der Waals surface area contributed by atoms with Gasteiger partial charge in [-0.3, -0.25) is 14.7 Å². The second kappa shape index (κ2) is 7.75. The topological polar surface area (TPSA) is 36.4 Å². The largest absolute Gasteiger partial charge is 0.340 e. The van der Waals surface area contributed by atoms with Gasteiger partial charge in [0.1, 0.15) is 0 Å². The van der Waals surface area contributed by atoms with Crippen molar-refractivity contribution in [2.45, 2.75) is 45.2 Å². The Morgan fingerprint density at radius 1 is 1.33 bits per heavy atom. The Kier molecular flexibility index (Phi) is 5.46. The van der Waals surface area contributed by atoms with Crippen LogP contribution in [0.3, 0.4) is 0 Å². The Bertz CT molecular complexity index is 695. The van der Waals surface area contributed by atoms with Gasteiger partial charge in [-0.15, -0.1) is 0 Å². The molecule has 0 saturated carbocycles. The monoisotopic (exact) mass is 325 g/mol. The molecule has 1 aromatic heterocycles. The lowest BCUT2D eigenvalue weighted by atomic mass is 10.00. The smallest absolute Gasteiger partial charge is 0.236 e.